The van der Waals surface area contributed by atoms with E-state index in [4.69, 9.17) is 4.74 Å². The van der Waals surface area contributed by atoms with E-state index in [0.29, 0.717) is 30.2 Å². The molecule has 5 rings (SSSR count). The Morgan fingerprint density at radius 3 is 2.59 bits per heavy atom. The Morgan fingerprint density at radius 2 is 1.84 bits per heavy atom. The van der Waals surface area contributed by atoms with E-state index in [9.17, 15) is 14.9 Å². The van der Waals surface area contributed by atoms with E-state index in [1.807, 2.05) is 47.2 Å². The number of ketones is 1. The second kappa shape index (κ2) is 8.07. The van der Waals surface area contributed by atoms with Gasteiger partial charge < -0.3 is 9.30 Å². The number of hydrogen-bond donors (Lipinski definition) is 0. The van der Waals surface area contributed by atoms with Crippen molar-refractivity contribution in [2.45, 2.75) is 6.54 Å². The highest BCUT2D eigenvalue weighted by molar-refractivity contribution is 6.02. The lowest BCUT2D eigenvalue weighted by Gasteiger charge is -2.24. The van der Waals surface area contributed by atoms with Crippen LogP contribution in [0.2, 0.25) is 0 Å². The lowest BCUT2D eigenvalue weighted by molar-refractivity contribution is -0.384. The molecular formula is C24H18N4O4. The Balaban J connectivity index is 1.34. The highest BCUT2D eigenvalue weighted by Crippen LogP contribution is 2.32. The number of Topliss-reactive ketones (excluding diaryl/α,β-unsaturated/α-hetero) is 1. The largest absolute Gasteiger partial charge is 0.492 e. The summed E-state index contributed by atoms with van der Waals surface area (Å²) in [5.74, 6) is 0.262. The molecule has 0 fully saturated rings. The quantitative estimate of drug-likeness (QED) is 0.346. The van der Waals surface area contributed by atoms with Crippen molar-refractivity contribution < 1.29 is 14.5 Å². The molecule has 1 unspecified atom stereocenters. The number of nitro groups is 1. The minimum Gasteiger partial charge on any atom is -0.492 e. The zero-order valence-corrected chi connectivity index (χ0v) is 16.9. The van der Waals surface area contributed by atoms with Crippen molar-refractivity contribution >= 4 is 11.5 Å². The van der Waals surface area contributed by atoms with Gasteiger partial charge in [0.25, 0.3) is 5.69 Å². The number of benzene rings is 2. The summed E-state index contributed by atoms with van der Waals surface area (Å²) in [5.41, 5.74) is 3.70. The lowest BCUT2D eigenvalue weighted by atomic mass is 9.93. The number of carbonyl (C=O) groups excluding carboxylic acids is 1. The molecule has 8 nitrogen and oxygen atoms in total. The summed E-state index contributed by atoms with van der Waals surface area (Å²) in [6.45, 7) is 0.714. The Labute approximate surface area is 183 Å². The average molecular weight is 426 g/mol. The van der Waals surface area contributed by atoms with Gasteiger partial charge in [0, 0.05) is 42.2 Å². The summed E-state index contributed by atoms with van der Waals surface area (Å²) >= 11 is 0. The third-order valence-corrected chi connectivity index (χ3v) is 5.45. The third-order valence-electron chi connectivity index (χ3n) is 5.45. The number of ether oxygens (including phenoxy) is 1. The number of carbonyl (C=O) groups is 1. The van der Waals surface area contributed by atoms with Crippen molar-refractivity contribution in [1.29, 1.82) is 0 Å². The molecule has 1 aliphatic heterocycles. The first-order valence-corrected chi connectivity index (χ1v) is 10.1. The molecule has 0 saturated heterocycles. The first kappa shape index (κ1) is 19.6. The van der Waals surface area contributed by atoms with Crippen LogP contribution in [0.25, 0.3) is 22.5 Å². The molecule has 8 heteroatoms. The zero-order chi connectivity index (χ0) is 22.1. The highest BCUT2D eigenvalue weighted by Gasteiger charge is 2.29. The molecule has 0 saturated carbocycles. The van der Waals surface area contributed by atoms with E-state index in [1.54, 1.807) is 24.7 Å². The number of pyridine rings is 1. The van der Waals surface area contributed by atoms with Crippen molar-refractivity contribution in [3.05, 3.63) is 95.1 Å². The molecule has 0 radical (unpaired) electrons. The molecule has 0 aliphatic carbocycles. The van der Waals surface area contributed by atoms with E-state index in [2.05, 4.69) is 9.97 Å². The van der Waals surface area contributed by atoms with Crippen molar-refractivity contribution in [3.8, 4) is 28.3 Å². The van der Waals surface area contributed by atoms with Crippen molar-refractivity contribution in [2.24, 2.45) is 5.92 Å². The highest BCUT2D eigenvalue weighted by atomic mass is 16.6. The number of nitro benzene ring substituents is 1. The SMILES string of the molecule is O=C1c2cc(-c3ccccn3)ccc2OCC1Cn1cnc(-c2ccc([N+](=O)[O-])cc2)c1. The van der Waals surface area contributed by atoms with Crippen molar-refractivity contribution in [2.75, 3.05) is 6.61 Å². The van der Waals surface area contributed by atoms with Gasteiger partial charge in [-0.3, -0.25) is 19.9 Å². The van der Waals surface area contributed by atoms with Crippen molar-refractivity contribution in [1.82, 2.24) is 14.5 Å². The number of non-ortho nitro benzene ring substituents is 1. The van der Waals surface area contributed by atoms with Crippen LogP contribution in [0.1, 0.15) is 10.4 Å². The standard InChI is InChI=1S/C24H18N4O4/c29-24-18(12-27-13-22(26-15-27)16-4-7-19(8-5-16)28(30)31)14-32-23-9-6-17(11-20(23)24)21-3-1-2-10-25-21/h1-11,13,15,18H,12,14H2. The van der Waals surface area contributed by atoms with E-state index in [0.717, 1.165) is 16.8 Å². The number of rotatable bonds is 5. The molecule has 158 valence electrons. The normalized spacial score (nSPS) is 15.1. The second-order valence-corrected chi connectivity index (χ2v) is 7.56. The predicted molar refractivity (Wildman–Crippen MR) is 117 cm³/mol. The lowest BCUT2D eigenvalue weighted by Crippen LogP contribution is -2.31. The molecule has 0 spiro atoms. The van der Waals surface area contributed by atoms with Crippen LogP contribution in [0.3, 0.4) is 0 Å². The molecule has 2 aromatic heterocycles. The summed E-state index contributed by atoms with van der Waals surface area (Å²) in [5, 5.41) is 10.8. The third kappa shape index (κ3) is 3.74. The summed E-state index contributed by atoms with van der Waals surface area (Å²) < 4.78 is 7.70. The summed E-state index contributed by atoms with van der Waals surface area (Å²) in [7, 11) is 0. The Kier molecular flexibility index (Phi) is 4.95. The fourth-order valence-corrected chi connectivity index (χ4v) is 3.78. The average Bonchev–Trinajstić information content (AvgIpc) is 3.30. The van der Waals surface area contributed by atoms with Gasteiger partial charge in [-0.1, -0.05) is 6.07 Å². The maximum absolute atomic E-state index is 13.2. The van der Waals surface area contributed by atoms with Gasteiger partial charge in [0.2, 0.25) is 0 Å². The van der Waals surface area contributed by atoms with E-state index in [1.165, 1.54) is 12.1 Å². The molecule has 2 aromatic carbocycles. The zero-order valence-electron chi connectivity index (χ0n) is 16.9. The second-order valence-electron chi connectivity index (χ2n) is 7.56. The van der Waals surface area contributed by atoms with Crippen LogP contribution in [-0.4, -0.2) is 31.8 Å². The van der Waals surface area contributed by atoms with E-state index >= 15 is 0 Å². The van der Waals surface area contributed by atoms with E-state index in [-0.39, 0.29) is 17.4 Å². The van der Waals surface area contributed by atoms with Gasteiger partial charge in [-0.15, -0.1) is 0 Å². The van der Waals surface area contributed by atoms with Crippen molar-refractivity contribution in [3.63, 3.8) is 0 Å². The molecule has 1 atom stereocenters. The maximum atomic E-state index is 13.2. The van der Waals surface area contributed by atoms with Gasteiger partial charge in [-0.2, -0.15) is 0 Å². The number of aromatic nitrogens is 3. The minimum atomic E-state index is -0.436. The molecule has 0 N–H and O–H groups in total. The van der Waals surface area contributed by atoms with Crippen LogP contribution < -0.4 is 4.74 Å². The predicted octanol–water partition coefficient (Wildman–Crippen LogP) is 4.41. The van der Waals surface area contributed by atoms with Gasteiger partial charge in [-0.05, 0) is 42.5 Å². The molecule has 4 aromatic rings. The van der Waals surface area contributed by atoms with Crippen LogP contribution in [0.5, 0.6) is 5.75 Å². The summed E-state index contributed by atoms with van der Waals surface area (Å²) in [6.07, 6.45) is 5.20. The summed E-state index contributed by atoms with van der Waals surface area (Å²) in [4.78, 5) is 32.3. The first-order valence-electron chi connectivity index (χ1n) is 10.1. The van der Waals surface area contributed by atoms with Gasteiger partial charge >= 0.3 is 0 Å². The minimum absolute atomic E-state index is 0.0228. The molecule has 0 bridgehead atoms. The number of hydrogen-bond acceptors (Lipinski definition) is 6. The Bertz CT molecular complexity index is 1300. The van der Waals surface area contributed by atoms with Crippen LogP contribution >= 0.6 is 0 Å². The fourth-order valence-electron chi connectivity index (χ4n) is 3.78. The monoisotopic (exact) mass is 426 g/mol. The Hall–Kier alpha value is -4.33. The van der Waals surface area contributed by atoms with Crippen LogP contribution in [-0.2, 0) is 6.54 Å². The molecule has 3 heterocycles. The first-order chi connectivity index (χ1) is 15.6. The number of fused-ring (bicyclic) bond motifs is 1. The van der Waals surface area contributed by atoms with E-state index < -0.39 is 4.92 Å². The number of imidazole rings is 1. The fraction of sp³-hybridized carbons (Fsp3) is 0.125. The van der Waals surface area contributed by atoms with Gasteiger partial charge in [0.05, 0.1) is 34.1 Å². The Morgan fingerprint density at radius 1 is 1.03 bits per heavy atom. The molecule has 1 aliphatic rings. The van der Waals surface area contributed by atoms with Crippen LogP contribution in [0.15, 0.2) is 79.4 Å². The van der Waals surface area contributed by atoms with Crippen LogP contribution in [0.4, 0.5) is 5.69 Å². The van der Waals surface area contributed by atoms with Gasteiger partial charge in [0.15, 0.2) is 5.78 Å². The molecule has 0 amide bonds. The summed E-state index contributed by atoms with van der Waals surface area (Å²) in [6, 6.07) is 17.4. The molecule has 32 heavy (non-hydrogen) atoms. The van der Waals surface area contributed by atoms with Gasteiger partial charge in [-0.25, -0.2) is 4.98 Å². The smallest absolute Gasteiger partial charge is 0.269 e. The topological polar surface area (TPSA) is 100 Å². The maximum Gasteiger partial charge on any atom is 0.269 e. The number of nitrogens with zero attached hydrogens (tertiary/aromatic N) is 4. The van der Waals surface area contributed by atoms with Crippen LogP contribution in [0, 0.1) is 16.0 Å². The van der Waals surface area contributed by atoms with Gasteiger partial charge in [0.1, 0.15) is 12.4 Å². The molecular weight excluding hydrogens is 408 g/mol.